The minimum Gasteiger partial charge on any atom is -0.489 e. The van der Waals surface area contributed by atoms with E-state index in [1.54, 1.807) is 24.3 Å². The van der Waals surface area contributed by atoms with E-state index in [1.165, 1.54) is 6.21 Å². The van der Waals surface area contributed by atoms with Gasteiger partial charge < -0.3 is 4.74 Å². The third kappa shape index (κ3) is 4.28. The number of benzene rings is 3. The molecule has 3 aromatic carbocycles. The number of hydrogen-bond acceptors (Lipinski definition) is 3. The molecule has 0 spiro atoms. The Labute approximate surface area is 157 Å². The Morgan fingerprint density at radius 2 is 1.32 bits per heavy atom. The predicted molar refractivity (Wildman–Crippen MR) is 94.7 cm³/mol. The number of halogens is 5. The molecule has 0 heterocycles. The minimum atomic E-state index is -2.23. The van der Waals surface area contributed by atoms with Crippen molar-refractivity contribution in [2.45, 2.75) is 6.61 Å². The Balaban J connectivity index is 1.64. The van der Waals surface area contributed by atoms with Crippen molar-refractivity contribution in [2.24, 2.45) is 5.10 Å². The highest BCUT2D eigenvalue weighted by atomic mass is 19.2. The Morgan fingerprint density at radius 1 is 0.750 bits per heavy atom. The molecule has 1 N–H and O–H groups in total. The highest BCUT2D eigenvalue weighted by molar-refractivity contribution is 5.80. The number of rotatable bonds is 6. The van der Waals surface area contributed by atoms with E-state index in [2.05, 4.69) is 5.10 Å². The molecule has 0 radical (unpaired) electrons. The second-order valence-corrected chi connectivity index (χ2v) is 5.66. The van der Waals surface area contributed by atoms with Crippen LogP contribution in [-0.2, 0) is 6.61 Å². The lowest BCUT2D eigenvalue weighted by Crippen LogP contribution is -2.06. The van der Waals surface area contributed by atoms with Gasteiger partial charge in [0, 0.05) is 0 Å². The molecule has 0 atom stereocenters. The SMILES string of the molecule is Fc1c(F)c(F)c(N/N=C\c2ccc(OCc3ccccc3)cc2)c(F)c1F. The molecule has 0 aromatic heterocycles. The van der Waals surface area contributed by atoms with Gasteiger partial charge in [-0.1, -0.05) is 30.3 Å². The highest BCUT2D eigenvalue weighted by Gasteiger charge is 2.25. The van der Waals surface area contributed by atoms with E-state index in [-0.39, 0.29) is 0 Å². The largest absolute Gasteiger partial charge is 0.489 e. The van der Waals surface area contributed by atoms with Crippen molar-refractivity contribution in [3.8, 4) is 5.75 Å². The van der Waals surface area contributed by atoms with E-state index in [1.807, 2.05) is 35.8 Å². The van der Waals surface area contributed by atoms with E-state index in [0.29, 0.717) is 17.9 Å². The molecule has 0 aliphatic heterocycles. The van der Waals surface area contributed by atoms with Gasteiger partial charge in [0.25, 0.3) is 0 Å². The molecule has 0 saturated heterocycles. The van der Waals surface area contributed by atoms with Crippen molar-refractivity contribution in [2.75, 3.05) is 5.43 Å². The van der Waals surface area contributed by atoms with Crippen LogP contribution < -0.4 is 10.2 Å². The normalized spacial score (nSPS) is 11.0. The first-order chi connectivity index (χ1) is 13.5. The van der Waals surface area contributed by atoms with Gasteiger partial charge in [-0.2, -0.15) is 5.10 Å². The summed E-state index contributed by atoms with van der Waals surface area (Å²) in [5.74, 6) is -9.70. The van der Waals surface area contributed by atoms with Crippen LogP contribution in [0.3, 0.4) is 0 Å². The van der Waals surface area contributed by atoms with Gasteiger partial charge in [0.15, 0.2) is 23.3 Å². The van der Waals surface area contributed by atoms with Crippen LogP contribution in [0, 0.1) is 29.1 Å². The van der Waals surface area contributed by atoms with Gasteiger partial charge in [0.05, 0.1) is 6.21 Å². The van der Waals surface area contributed by atoms with Crippen LogP contribution in [0.15, 0.2) is 59.7 Å². The van der Waals surface area contributed by atoms with Gasteiger partial charge in [0.1, 0.15) is 18.0 Å². The van der Waals surface area contributed by atoms with Crippen LogP contribution in [0.25, 0.3) is 0 Å². The van der Waals surface area contributed by atoms with Crippen molar-refractivity contribution >= 4 is 11.9 Å². The van der Waals surface area contributed by atoms with Crippen molar-refractivity contribution in [3.05, 3.63) is 94.8 Å². The first-order valence-corrected chi connectivity index (χ1v) is 8.04. The fourth-order valence-corrected chi connectivity index (χ4v) is 2.27. The summed E-state index contributed by atoms with van der Waals surface area (Å²) < 4.78 is 71.9. The maximum absolute atomic E-state index is 13.5. The van der Waals surface area contributed by atoms with Crippen molar-refractivity contribution < 1.29 is 26.7 Å². The Kier molecular flexibility index (Phi) is 5.88. The number of hydrogen-bond donors (Lipinski definition) is 1. The van der Waals surface area contributed by atoms with E-state index in [4.69, 9.17) is 4.74 Å². The van der Waals surface area contributed by atoms with E-state index >= 15 is 0 Å². The van der Waals surface area contributed by atoms with Crippen LogP contribution >= 0.6 is 0 Å². The zero-order valence-electron chi connectivity index (χ0n) is 14.2. The van der Waals surface area contributed by atoms with Crippen LogP contribution in [0.4, 0.5) is 27.6 Å². The van der Waals surface area contributed by atoms with E-state index in [0.717, 1.165) is 5.56 Å². The van der Waals surface area contributed by atoms with Gasteiger partial charge in [0.2, 0.25) is 5.82 Å². The Morgan fingerprint density at radius 3 is 1.93 bits per heavy atom. The smallest absolute Gasteiger partial charge is 0.200 e. The molecule has 0 aliphatic rings. The number of hydrazone groups is 1. The second-order valence-electron chi connectivity index (χ2n) is 5.66. The number of nitrogens with zero attached hydrogens (tertiary/aromatic N) is 1. The van der Waals surface area contributed by atoms with Crippen molar-refractivity contribution in [1.29, 1.82) is 0 Å². The highest BCUT2D eigenvalue weighted by Crippen LogP contribution is 2.27. The van der Waals surface area contributed by atoms with Crippen LogP contribution in [0.5, 0.6) is 5.75 Å². The van der Waals surface area contributed by atoms with Crippen LogP contribution in [0.2, 0.25) is 0 Å². The molecule has 144 valence electrons. The molecule has 0 aliphatic carbocycles. The summed E-state index contributed by atoms with van der Waals surface area (Å²) in [5.41, 5.74) is 2.13. The van der Waals surface area contributed by atoms with Gasteiger partial charge in [-0.3, -0.25) is 5.43 Å². The van der Waals surface area contributed by atoms with E-state index < -0.39 is 34.8 Å². The quantitative estimate of drug-likeness (QED) is 0.200. The lowest BCUT2D eigenvalue weighted by Gasteiger charge is -2.07. The average molecular weight is 392 g/mol. The maximum atomic E-state index is 13.5. The van der Waals surface area contributed by atoms with Crippen LogP contribution in [-0.4, -0.2) is 6.21 Å². The zero-order valence-corrected chi connectivity index (χ0v) is 14.2. The molecule has 0 fully saturated rings. The van der Waals surface area contributed by atoms with Gasteiger partial charge in [-0.15, -0.1) is 0 Å². The fourth-order valence-electron chi connectivity index (χ4n) is 2.27. The molecule has 0 bridgehead atoms. The predicted octanol–water partition coefficient (Wildman–Crippen LogP) is 5.41. The fraction of sp³-hybridized carbons (Fsp3) is 0.0500. The summed E-state index contributed by atoms with van der Waals surface area (Å²) in [6.45, 7) is 0.385. The molecule has 0 amide bonds. The first-order valence-electron chi connectivity index (χ1n) is 8.04. The summed E-state index contributed by atoms with van der Waals surface area (Å²) in [7, 11) is 0. The maximum Gasteiger partial charge on any atom is 0.200 e. The monoisotopic (exact) mass is 392 g/mol. The molecule has 28 heavy (non-hydrogen) atoms. The minimum absolute atomic E-state index is 0.385. The molecule has 8 heteroatoms. The summed E-state index contributed by atoms with van der Waals surface area (Å²) in [6, 6.07) is 16.1. The van der Waals surface area contributed by atoms with Gasteiger partial charge in [-0.05, 0) is 35.4 Å². The van der Waals surface area contributed by atoms with Crippen LogP contribution in [0.1, 0.15) is 11.1 Å². The molecule has 0 saturated carbocycles. The molecular weight excluding hydrogens is 379 g/mol. The van der Waals surface area contributed by atoms with Crippen molar-refractivity contribution in [1.82, 2.24) is 0 Å². The lowest BCUT2D eigenvalue weighted by molar-refractivity contribution is 0.306. The number of nitrogens with one attached hydrogen (secondary N) is 1. The molecular formula is C20H13F5N2O. The third-order valence-corrected chi connectivity index (χ3v) is 3.73. The number of ether oxygens (including phenoxy) is 1. The number of anilines is 1. The third-order valence-electron chi connectivity index (χ3n) is 3.73. The second kappa shape index (κ2) is 8.51. The first kappa shape index (κ1) is 19.3. The average Bonchev–Trinajstić information content (AvgIpc) is 2.73. The van der Waals surface area contributed by atoms with Gasteiger partial charge in [-0.25, -0.2) is 22.0 Å². The topological polar surface area (TPSA) is 33.6 Å². The molecule has 3 aromatic rings. The summed E-state index contributed by atoms with van der Waals surface area (Å²) >= 11 is 0. The molecule has 3 nitrogen and oxygen atoms in total. The van der Waals surface area contributed by atoms with Crippen molar-refractivity contribution in [3.63, 3.8) is 0 Å². The zero-order chi connectivity index (χ0) is 20.1. The van der Waals surface area contributed by atoms with Gasteiger partial charge >= 0.3 is 0 Å². The Bertz CT molecular complexity index is 963. The molecule has 0 unspecified atom stereocenters. The summed E-state index contributed by atoms with van der Waals surface area (Å²) in [5, 5.41) is 3.52. The lowest BCUT2D eigenvalue weighted by atomic mass is 10.2. The molecule has 3 rings (SSSR count). The van der Waals surface area contributed by atoms with E-state index in [9.17, 15) is 22.0 Å². The Hall–Kier alpha value is -3.42. The summed E-state index contributed by atoms with van der Waals surface area (Å²) in [4.78, 5) is 0. The summed E-state index contributed by atoms with van der Waals surface area (Å²) in [6.07, 6.45) is 1.17. The standard InChI is InChI=1S/C20H13F5N2O/c21-15-16(22)18(24)20(19(25)17(15)23)27-26-10-12-6-8-14(9-7-12)28-11-13-4-2-1-3-5-13/h1-10,27H,11H2/b26-10-.